The van der Waals surface area contributed by atoms with E-state index in [0.717, 1.165) is 7.14 Å². The number of benzene rings is 2. The van der Waals surface area contributed by atoms with Gasteiger partial charge in [-0.2, -0.15) is 0 Å². The topological polar surface area (TPSA) is 46.5 Å². The van der Waals surface area contributed by atoms with Crippen molar-refractivity contribution in [2.24, 2.45) is 0 Å². The van der Waals surface area contributed by atoms with Gasteiger partial charge in [0.25, 0.3) is 0 Å². The number of alkyl halides is 1. The number of rotatable bonds is 5. The monoisotopic (exact) mass is 563 g/mol. The van der Waals surface area contributed by atoms with Crippen LogP contribution >= 0.6 is 45.8 Å². The normalized spacial score (nSPS) is 10.7. The molecule has 0 amide bonds. The van der Waals surface area contributed by atoms with Crippen molar-refractivity contribution in [3.05, 3.63) is 64.7 Å². The van der Waals surface area contributed by atoms with E-state index >= 15 is 0 Å². The number of hydrogen-bond donors (Lipinski definition) is 1. The van der Waals surface area contributed by atoms with E-state index in [4.69, 9.17) is 27.9 Å². The van der Waals surface area contributed by atoms with E-state index in [0.29, 0.717) is 25.8 Å². The molecule has 0 bridgehead atoms. The molecule has 118 valence electrons. The van der Waals surface area contributed by atoms with Crippen LogP contribution in [0.1, 0.15) is 15.9 Å². The number of aliphatic hydroxyl groups is 1. The van der Waals surface area contributed by atoms with E-state index in [1.807, 2.05) is 18.2 Å². The number of esters is 1. The summed E-state index contributed by atoms with van der Waals surface area (Å²) in [5, 5.41) is 10.1. The van der Waals surface area contributed by atoms with Crippen LogP contribution in [0.5, 0.6) is 0 Å². The van der Waals surface area contributed by atoms with Crippen molar-refractivity contribution in [2.75, 3.05) is 4.61 Å². The summed E-state index contributed by atoms with van der Waals surface area (Å²) in [5.41, 5.74) is 1.07. The summed E-state index contributed by atoms with van der Waals surface area (Å²) in [7, 11) is 0. The van der Waals surface area contributed by atoms with Gasteiger partial charge >= 0.3 is 164 Å². The molecule has 7 heteroatoms. The fraction of sp³-hybridized carbons (Fsp3) is 0.133. The molecule has 2 rings (SSSR count). The molecule has 0 aliphatic rings. The minimum atomic E-state index is -0.510. The van der Waals surface area contributed by atoms with Gasteiger partial charge < -0.3 is 0 Å². The summed E-state index contributed by atoms with van der Waals surface area (Å²) in [5.74, 6) is -0.417. The molecule has 0 radical (unpaired) electrons. The predicted octanol–water partition coefficient (Wildman–Crippen LogP) is 1.16. The van der Waals surface area contributed by atoms with Crippen molar-refractivity contribution in [2.45, 2.75) is 6.61 Å². The Bertz CT molecular complexity index is 692. The zero-order valence-corrected chi connectivity index (χ0v) is 17.0. The van der Waals surface area contributed by atoms with Gasteiger partial charge in [0, 0.05) is 0 Å². The van der Waals surface area contributed by atoms with E-state index in [1.165, 1.54) is 0 Å². The van der Waals surface area contributed by atoms with Gasteiger partial charge in [0.05, 0.1) is 0 Å². The van der Waals surface area contributed by atoms with Crippen LogP contribution in [0.25, 0.3) is 0 Å². The fourth-order valence-corrected chi connectivity index (χ4v) is 4.31. The molecule has 3 nitrogen and oxygen atoms in total. The third-order valence-corrected chi connectivity index (χ3v) is 6.26. The average Bonchev–Trinajstić information content (AvgIpc) is 2.51. The molecule has 2 aromatic carbocycles. The van der Waals surface area contributed by atoms with Gasteiger partial charge in [-0.3, -0.25) is 0 Å². The quantitative estimate of drug-likeness (QED) is 0.338. The summed E-state index contributed by atoms with van der Waals surface area (Å²) < 4.78 is 7.61. The van der Waals surface area contributed by atoms with Gasteiger partial charge in [0.1, 0.15) is 0 Å². The van der Waals surface area contributed by atoms with Gasteiger partial charge in [-0.25, -0.2) is 0 Å². The van der Waals surface area contributed by atoms with Gasteiger partial charge in [-0.05, 0) is 0 Å². The first-order valence-electron chi connectivity index (χ1n) is 6.12. The van der Waals surface area contributed by atoms with Crippen LogP contribution in [-0.2, 0) is 11.3 Å². The second-order valence-electron chi connectivity index (χ2n) is 4.19. The Morgan fingerprint density at radius 1 is 1.18 bits per heavy atom. The van der Waals surface area contributed by atoms with Crippen LogP contribution in [0, 0.1) is 7.14 Å². The van der Waals surface area contributed by atoms with Crippen molar-refractivity contribution in [3.63, 3.8) is 0 Å². The van der Waals surface area contributed by atoms with E-state index < -0.39 is 27.2 Å². The van der Waals surface area contributed by atoms with Crippen LogP contribution in [0.3, 0.4) is 0 Å². The second-order valence-corrected chi connectivity index (χ2v) is 8.88. The summed E-state index contributed by atoms with van der Waals surface area (Å²) in [6.45, 7) is -0.103. The van der Waals surface area contributed by atoms with E-state index in [-0.39, 0.29) is 6.61 Å². The molecule has 0 unspecified atom stereocenters. The average molecular weight is 564 g/mol. The molecule has 0 aliphatic heterocycles. The second kappa shape index (κ2) is 8.68. The van der Waals surface area contributed by atoms with Crippen molar-refractivity contribution < 1.29 is 35.8 Å². The maximum atomic E-state index is 12.0. The summed E-state index contributed by atoms with van der Waals surface area (Å²) in [4.78, 5) is 12.0. The number of carbonyl (C=O) groups is 1. The molecule has 0 spiro atoms. The Morgan fingerprint density at radius 3 is 2.64 bits per heavy atom. The molecule has 0 atom stereocenters. The third-order valence-electron chi connectivity index (χ3n) is 2.72. The number of aliphatic hydroxyl groups excluding tert-OH is 1. The van der Waals surface area contributed by atoms with Gasteiger partial charge in [0.2, 0.25) is 0 Å². The Hall–Kier alpha value is -0.0900. The SMILES string of the molecule is O=C(OC[I-]c1ccc(Cl)c(CO)c1)c1cc(I)ccc1Cl. The Morgan fingerprint density at radius 2 is 1.91 bits per heavy atom. The van der Waals surface area contributed by atoms with Gasteiger partial charge in [-0.1, -0.05) is 0 Å². The molecule has 2 aromatic rings. The Balaban J connectivity index is 1.96. The summed E-state index contributed by atoms with van der Waals surface area (Å²) in [6, 6.07) is 10.7. The molecule has 0 aliphatic carbocycles. The third kappa shape index (κ3) is 4.95. The number of halogens is 4. The Kier molecular flexibility index (Phi) is 7.20. The fourth-order valence-electron chi connectivity index (χ4n) is 1.62. The van der Waals surface area contributed by atoms with Crippen LogP contribution in [-0.4, -0.2) is 15.7 Å². The van der Waals surface area contributed by atoms with Crippen molar-refractivity contribution in [3.8, 4) is 0 Å². The maximum absolute atomic E-state index is 12.0. The standard InChI is InChI=1S/C15H11Cl2I2O3/c16-13-4-2-11(5-9(13)7-20)19-8-22-15(21)12-6-10(18)1-3-14(12)17/h1-6,20H,7-8H2/q-1. The summed E-state index contributed by atoms with van der Waals surface area (Å²) >= 11 is 13.6. The number of carbonyl (C=O) groups excluding carboxylic acids is 1. The molecular weight excluding hydrogens is 553 g/mol. The van der Waals surface area contributed by atoms with E-state index in [2.05, 4.69) is 22.6 Å². The van der Waals surface area contributed by atoms with Crippen LogP contribution in [0.4, 0.5) is 0 Å². The molecule has 0 saturated carbocycles. The van der Waals surface area contributed by atoms with Crippen molar-refractivity contribution >= 4 is 51.8 Å². The minimum absolute atomic E-state index is 0.103. The molecule has 22 heavy (non-hydrogen) atoms. The molecule has 0 heterocycles. The number of ether oxygens (including phenoxy) is 1. The first kappa shape index (κ1) is 18.3. The van der Waals surface area contributed by atoms with Crippen molar-refractivity contribution in [1.29, 1.82) is 0 Å². The van der Waals surface area contributed by atoms with E-state index in [1.54, 1.807) is 18.2 Å². The predicted molar refractivity (Wildman–Crippen MR) is 90.5 cm³/mol. The molecule has 0 saturated heterocycles. The first-order chi connectivity index (χ1) is 10.5. The molecule has 1 N–H and O–H groups in total. The zero-order valence-electron chi connectivity index (χ0n) is 11.2. The van der Waals surface area contributed by atoms with Crippen LogP contribution in [0.15, 0.2) is 36.4 Å². The van der Waals surface area contributed by atoms with Crippen LogP contribution < -0.4 is 21.2 Å². The van der Waals surface area contributed by atoms with Crippen molar-refractivity contribution in [1.82, 2.24) is 0 Å². The first-order valence-corrected chi connectivity index (χ1v) is 10.6. The summed E-state index contributed by atoms with van der Waals surface area (Å²) in [6.07, 6.45) is 0. The Labute approximate surface area is 162 Å². The van der Waals surface area contributed by atoms with Crippen LogP contribution in [0.2, 0.25) is 10.0 Å². The molecule has 0 fully saturated rings. The zero-order chi connectivity index (χ0) is 16.1. The molecule has 0 aromatic heterocycles. The van der Waals surface area contributed by atoms with Gasteiger partial charge in [-0.15, -0.1) is 0 Å². The molecular formula is C15H11Cl2I2O3-. The van der Waals surface area contributed by atoms with Gasteiger partial charge in [0.15, 0.2) is 0 Å². The van der Waals surface area contributed by atoms with E-state index in [9.17, 15) is 9.90 Å². The number of hydrogen-bond acceptors (Lipinski definition) is 3.